The first kappa shape index (κ1) is 16.8. The van der Waals surface area contributed by atoms with Gasteiger partial charge in [-0.3, -0.25) is 14.9 Å². The second-order valence-corrected chi connectivity index (χ2v) is 6.74. The Labute approximate surface area is 142 Å². The van der Waals surface area contributed by atoms with Gasteiger partial charge in [-0.05, 0) is 49.4 Å². The smallest absolute Gasteiger partial charge is 0.234 e. The number of aldehydes is 1. The van der Waals surface area contributed by atoms with Gasteiger partial charge in [-0.2, -0.15) is 0 Å². The van der Waals surface area contributed by atoms with Crippen molar-refractivity contribution in [1.82, 2.24) is 10.2 Å². The van der Waals surface area contributed by atoms with Crippen LogP contribution in [0.25, 0.3) is 0 Å². The van der Waals surface area contributed by atoms with Crippen molar-refractivity contribution in [3.63, 3.8) is 0 Å². The Kier molecular flexibility index (Phi) is 5.41. The molecule has 0 radical (unpaired) electrons. The Morgan fingerprint density at radius 1 is 1.04 bits per heavy atom. The third-order valence-electron chi connectivity index (χ3n) is 5.20. The minimum Gasteiger partial charge on any atom is -0.303 e. The molecular formula is C19H24N2O3. The number of amides is 2. The van der Waals surface area contributed by atoms with Gasteiger partial charge in [0.25, 0.3) is 0 Å². The molecule has 24 heavy (non-hydrogen) atoms. The summed E-state index contributed by atoms with van der Waals surface area (Å²) >= 11 is 0. The molecule has 0 aromatic heterocycles. The largest absolute Gasteiger partial charge is 0.303 e. The topological polar surface area (TPSA) is 66.5 Å². The third kappa shape index (κ3) is 3.90. The highest BCUT2D eigenvalue weighted by molar-refractivity contribution is 6.00. The van der Waals surface area contributed by atoms with Gasteiger partial charge in [0.2, 0.25) is 11.8 Å². The fraction of sp³-hybridized carbons (Fsp3) is 0.526. The van der Waals surface area contributed by atoms with E-state index in [1.54, 1.807) is 0 Å². The first-order chi connectivity index (χ1) is 11.7. The lowest BCUT2D eigenvalue weighted by atomic mass is 9.86. The van der Waals surface area contributed by atoms with Crippen LogP contribution in [0.1, 0.15) is 55.1 Å². The van der Waals surface area contributed by atoms with Crippen molar-refractivity contribution >= 4 is 18.1 Å². The molecular weight excluding hydrogens is 304 g/mol. The number of nitrogens with one attached hydrogen (secondary N) is 1. The molecule has 2 saturated heterocycles. The number of hydrogen-bond donors (Lipinski definition) is 1. The summed E-state index contributed by atoms with van der Waals surface area (Å²) < 4.78 is 0. The maximum Gasteiger partial charge on any atom is 0.234 e. The van der Waals surface area contributed by atoms with Crippen LogP contribution in [0.15, 0.2) is 24.3 Å². The zero-order valence-electron chi connectivity index (χ0n) is 13.9. The van der Waals surface area contributed by atoms with Crippen molar-refractivity contribution in [2.45, 2.75) is 43.9 Å². The molecule has 1 atom stereocenters. The first-order valence-corrected chi connectivity index (χ1v) is 8.77. The van der Waals surface area contributed by atoms with E-state index >= 15 is 0 Å². The highest BCUT2D eigenvalue weighted by atomic mass is 16.2. The second kappa shape index (κ2) is 7.71. The number of hydrogen-bond acceptors (Lipinski definition) is 4. The van der Waals surface area contributed by atoms with Crippen LogP contribution in [0, 0.1) is 0 Å². The minimum atomic E-state index is -0.207. The Bertz CT molecular complexity index is 604. The van der Waals surface area contributed by atoms with Crippen molar-refractivity contribution in [2.24, 2.45) is 0 Å². The zero-order valence-corrected chi connectivity index (χ0v) is 13.9. The minimum absolute atomic E-state index is 0.172. The normalized spacial score (nSPS) is 23.1. The average Bonchev–Trinajstić information content (AvgIpc) is 2.61. The molecule has 5 nitrogen and oxygen atoms in total. The van der Waals surface area contributed by atoms with Crippen LogP contribution in [0.4, 0.5) is 0 Å². The second-order valence-electron chi connectivity index (χ2n) is 6.74. The monoisotopic (exact) mass is 328 g/mol. The van der Waals surface area contributed by atoms with Crippen molar-refractivity contribution < 1.29 is 14.4 Å². The van der Waals surface area contributed by atoms with Crippen LogP contribution < -0.4 is 5.32 Å². The van der Waals surface area contributed by atoms with E-state index in [-0.39, 0.29) is 17.7 Å². The van der Waals surface area contributed by atoms with Gasteiger partial charge < -0.3 is 9.69 Å². The number of rotatable bonds is 5. The maximum absolute atomic E-state index is 12.0. The molecule has 2 aliphatic rings. The summed E-state index contributed by atoms with van der Waals surface area (Å²) in [4.78, 5) is 36.0. The maximum atomic E-state index is 12.0. The van der Waals surface area contributed by atoms with Crippen molar-refractivity contribution in [3.8, 4) is 0 Å². The zero-order chi connectivity index (χ0) is 16.9. The summed E-state index contributed by atoms with van der Waals surface area (Å²) in [5.74, 6) is -0.00748. The van der Waals surface area contributed by atoms with Crippen LogP contribution in [0.2, 0.25) is 0 Å². The van der Waals surface area contributed by atoms with Gasteiger partial charge in [0.15, 0.2) is 0 Å². The summed E-state index contributed by atoms with van der Waals surface area (Å²) in [5.41, 5.74) is 2.31. The van der Waals surface area contributed by atoms with Crippen LogP contribution in [0.3, 0.4) is 0 Å². The van der Waals surface area contributed by atoms with Crippen LogP contribution in [0.5, 0.6) is 0 Å². The fourth-order valence-electron chi connectivity index (χ4n) is 3.74. The molecule has 1 aromatic carbocycles. The molecule has 2 heterocycles. The predicted octanol–water partition coefficient (Wildman–Crippen LogP) is 1.98. The van der Waals surface area contributed by atoms with Gasteiger partial charge in [0, 0.05) is 19.4 Å². The van der Waals surface area contributed by atoms with Crippen LogP contribution >= 0.6 is 0 Å². The number of likely N-dealkylation sites (tertiary alicyclic amines) is 1. The van der Waals surface area contributed by atoms with E-state index in [0.29, 0.717) is 25.2 Å². The lowest BCUT2D eigenvalue weighted by molar-refractivity contribution is -0.134. The van der Waals surface area contributed by atoms with Gasteiger partial charge in [0.1, 0.15) is 6.29 Å². The van der Waals surface area contributed by atoms with Gasteiger partial charge in [-0.1, -0.05) is 24.3 Å². The van der Waals surface area contributed by atoms with E-state index in [0.717, 1.165) is 44.3 Å². The third-order valence-corrected chi connectivity index (χ3v) is 5.20. The highest BCUT2D eigenvalue weighted by Gasteiger charge is 2.28. The highest BCUT2D eigenvalue weighted by Crippen LogP contribution is 2.30. The van der Waals surface area contributed by atoms with Gasteiger partial charge >= 0.3 is 0 Å². The number of carbonyl (C=O) groups is 3. The molecule has 0 saturated carbocycles. The number of nitrogens with zero attached hydrogens (tertiary/aromatic N) is 1. The molecule has 0 spiro atoms. The lowest BCUT2D eigenvalue weighted by Crippen LogP contribution is -2.39. The standard InChI is InChI=1S/C19H24N2O3/c22-13-1-10-21-11-8-15(9-12-21)14-2-4-16(5-3-14)17-6-7-18(23)20-19(17)24/h2-5,13,15,17H,1,6-12H2,(H,20,23,24). The predicted molar refractivity (Wildman–Crippen MR) is 90.7 cm³/mol. The summed E-state index contributed by atoms with van der Waals surface area (Å²) in [6, 6.07) is 8.33. The van der Waals surface area contributed by atoms with Gasteiger partial charge in [-0.25, -0.2) is 0 Å². The van der Waals surface area contributed by atoms with Crippen LogP contribution in [-0.4, -0.2) is 42.6 Å². The molecule has 1 N–H and O–H groups in total. The summed E-state index contributed by atoms with van der Waals surface area (Å²) in [5, 5.41) is 2.42. The lowest BCUT2D eigenvalue weighted by Gasteiger charge is -2.32. The van der Waals surface area contributed by atoms with E-state index in [1.165, 1.54) is 5.56 Å². The molecule has 3 rings (SSSR count). The fourth-order valence-corrected chi connectivity index (χ4v) is 3.74. The molecule has 1 aromatic rings. The first-order valence-electron chi connectivity index (χ1n) is 8.77. The van der Waals surface area contributed by atoms with E-state index in [2.05, 4.69) is 22.3 Å². The quantitative estimate of drug-likeness (QED) is 0.663. The van der Waals surface area contributed by atoms with Crippen molar-refractivity contribution in [3.05, 3.63) is 35.4 Å². The summed E-state index contributed by atoms with van der Waals surface area (Å²) in [6.07, 6.45) is 4.83. The number of carbonyl (C=O) groups excluding carboxylic acids is 3. The molecule has 2 aliphatic heterocycles. The van der Waals surface area contributed by atoms with E-state index in [4.69, 9.17) is 0 Å². The van der Waals surface area contributed by atoms with E-state index < -0.39 is 0 Å². The molecule has 0 aliphatic carbocycles. The van der Waals surface area contributed by atoms with E-state index in [9.17, 15) is 14.4 Å². The number of imide groups is 1. The number of benzene rings is 1. The Balaban J connectivity index is 1.58. The molecule has 5 heteroatoms. The average molecular weight is 328 g/mol. The summed E-state index contributed by atoms with van der Waals surface area (Å²) in [7, 11) is 0. The molecule has 2 fully saturated rings. The molecule has 128 valence electrons. The van der Waals surface area contributed by atoms with Gasteiger partial charge in [-0.15, -0.1) is 0 Å². The Hall–Kier alpha value is -2.01. The molecule has 0 bridgehead atoms. The summed E-state index contributed by atoms with van der Waals surface area (Å²) in [6.45, 7) is 2.94. The Morgan fingerprint density at radius 2 is 1.71 bits per heavy atom. The Morgan fingerprint density at radius 3 is 2.33 bits per heavy atom. The number of piperidine rings is 2. The van der Waals surface area contributed by atoms with Crippen molar-refractivity contribution in [2.75, 3.05) is 19.6 Å². The van der Waals surface area contributed by atoms with E-state index in [1.807, 2.05) is 12.1 Å². The van der Waals surface area contributed by atoms with Crippen LogP contribution in [-0.2, 0) is 14.4 Å². The SMILES string of the molecule is O=CCCN1CCC(c2ccc(C3CCC(=O)NC3=O)cc2)CC1. The molecule has 2 amide bonds. The van der Waals surface area contributed by atoms with Gasteiger partial charge in [0.05, 0.1) is 5.92 Å². The molecule has 1 unspecified atom stereocenters. The van der Waals surface area contributed by atoms with Crippen molar-refractivity contribution in [1.29, 1.82) is 0 Å².